The van der Waals surface area contributed by atoms with Crippen LogP contribution in [0, 0.1) is 5.41 Å². The molecule has 0 aliphatic carbocycles. The molecule has 8 N–H and O–H groups in total. The Morgan fingerprint density at radius 3 is 2.47 bits per heavy atom. The smallest absolute Gasteiger partial charge is 0.326 e. The van der Waals surface area contributed by atoms with Gasteiger partial charge in [0.1, 0.15) is 6.04 Å². The van der Waals surface area contributed by atoms with Crippen molar-refractivity contribution in [2.75, 3.05) is 6.54 Å². The zero-order chi connectivity index (χ0) is 13.4. The van der Waals surface area contributed by atoms with Gasteiger partial charge in [0.15, 0.2) is 5.96 Å². The van der Waals surface area contributed by atoms with Crippen LogP contribution in [-0.4, -0.2) is 41.6 Å². The predicted molar refractivity (Wildman–Crippen MR) is 62.4 cm³/mol. The van der Waals surface area contributed by atoms with Crippen LogP contribution < -0.4 is 22.1 Å². The summed E-state index contributed by atoms with van der Waals surface area (Å²) >= 11 is 0. The van der Waals surface area contributed by atoms with Crippen molar-refractivity contribution in [3.05, 3.63) is 0 Å². The number of nitrogens with one attached hydrogen (secondary N) is 3. The number of carboxylic acids is 1. The molecule has 0 unspecified atom stereocenters. The quantitative estimate of drug-likeness (QED) is 0.176. The van der Waals surface area contributed by atoms with Crippen LogP contribution in [0.25, 0.3) is 0 Å². The van der Waals surface area contributed by atoms with Gasteiger partial charge in [-0.15, -0.1) is 0 Å². The van der Waals surface area contributed by atoms with E-state index in [1.807, 2.05) is 0 Å². The minimum Gasteiger partial charge on any atom is -0.480 e. The Balaban J connectivity index is 4.04. The number of carboxylic acid groups (broad SMARTS) is 1. The van der Waals surface area contributed by atoms with Crippen molar-refractivity contribution in [2.45, 2.75) is 31.8 Å². The molecular formula is C9H19N5O3. The van der Waals surface area contributed by atoms with E-state index in [0.29, 0.717) is 13.0 Å². The molecular weight excluding hydrogens is 226 g/mol. The number of carbonyl (C=O) groups is 2. The molecule has 0 radical (unpaired) electrons. The molecule has 1 amide bonds. The van der Waals surface area contributed by atoms with Gasteiger partial charge < -0.3 is 27.2 Å². The van der Waals surface area contributed by atoms with Gasteiger partial charge in [0.2, 0.25) is 5.91 Å². The molecule has 0 bridgehead atoms. The number of hydrogen-bond donors (Lipinski definition) is 6. The Labute approximate surface area is 99.2 Å². The van der Waals surface area contributed by atoms with Crippen LogP contribution in [0.1, 0.15) is 19.8 Å². The summed E-state index contributed by atoms with van der Waals surface area (Å²) in [5.41, 5.74) is 10.4. The number of rotatable bonds is 7. The number of guanidine groups is 1. The average molecular weight is 245 g/mol. The summed E-state index contributed by atoms with van der Waals surface area (Å²) in [4.78, 5) is 22.1. The molecule has 0 rings (SSSR count). The maximum atomic E-state index is 11.2. The fraction of sp³-hybridized carbons (Fsp3) is 0.667. The standard InChI is InChI=1S/C9H19N5O3/c1-5(10)7(15)14-6(8(16)17)3-2-4-13-9(11)12/h5-6H,2-4,10H2,1H3,(H,14,15)(H,16,17)(H4,11,12,13)/t5-,6-/m1/s1. The number of aliphatic carboxylic acids is 1. The Morgan fingerprint density at radius 1 is 1.47 bits per heavy atom. The molecule has 0 saturated carbocycles. The third kappa shape index (κ3) is 7.12. The Hall–Kier alpha value is -1.83. The second-order valence-corrected chi connectivity index (χ2v) is 3.67. The number of carbonyl (C=O) groups excluding carboxylic acids is 1. The van der Waals surface area contributed by atoms with Crippen LogP contribution in [0.15, 0.2) is 0 Å². The van der Waals surface area contributed by atoms with Gasteiger partial charge in [0, 0.05) is 6.54 Å². The molecule has 0 aliphatic rings. The first-order valence-electron chi connectivity index (χ1n) is 5.21. The van der Waals surface area contributed by atoms with Crippen LogP contribution in [0.2, 0.25) is 0 Å². The summed E-state index contributed by atoms with van der Waals surface area (Å²) < 4.78 is 0. The molecule has 0 aliphatic heterocycles. The van der Waals surface area contributed by atoms with Crippen molar-refractivity contribution in [1.82, 2.24) is 10.6 Å². The molecule has 0 heterocycles. The number of nitrogens with two attached hydrogens (primary N) is 2. The largest absolute Gasteiger partial charge is 0.480 e. The monoisotopic (exact) mass is 245 g/mol. The molecule has 0 fully saturated rings. The Kier molecular flexibility index (Phi) is 6.64. The summed E-state index contributed by atoms with van der Waals surface area (Å²) in [6.45, 7) is 1.86. The van der Waals surface area contributed by atoms with Gasteiger partial charge in [-0.05, 0) is 19.8 Å². The van der Waals surface area contributed by atoms with E-state index in [1.54, 1.807) is 0 Å². The topological polar surface area (TPSA) is 154 Å². The van der Waals surface area contributed by atoms with E-state index < -0.39 is 24.0 Å². The molecule has 8 nitrogen and oxygen atoms in total. The fourth-order valence-electron chi connectivity index (χ4n) is 1.09. The highest BCUT2D eigenvalue weighted by Crippen LogP contribution is 1.97. The summed E-state index contributed by atoms with van der Waals surface area (Å²) in [6.07, 6.45) is 0.712. The molecule has 17 heavy (non-hydrogen) atoms. The molecule has 0 aromatic carbocycles. The molecule has 0 aromatic heterocycles. The Bertz CT molecular complexity index is 292. The second-order valence-electron chi connectivity index (χ2n) is 3.67. The van der Waals surface area contributed by atoms with E-state index in [-0.39, 0.29) is 12.4 Å². The minimum atomic E-state index is -1.11. The summed E-state index contributed by atoms with van der Waals surface area (Å²) in [7, 11) is 0. The highest BCUT2D eigenvalue weighted by molar-refractivity contribution is 5.86. The van der Waals surface area contributed by atoms with Crippen molar-refractivity contribution in [3.63, 3.8) is 0 Å². The predicted octanol–water partition coefficient (Wildman–Crippen LogP) is -1.83. The molecule has 0 spiro atoms. The number of amides is 1. The lowest BCUT2D eigenvalue weighted by atomic mass is 10.1. The lowest BCUT2D eigenvalue weighted by Crippen LogP contribution is -2.47. The van der Waals surface area contributed by atoms with Crippen LogP contribution in [-0.2, 0) is 9.59 Å². The van der Waals surface area contributed by atoms with E-state index in [2.05, 4.69) is 10.6 Å². The summed E-state index contributed by atoms with van der Waals surface area (Å²) in [5, 5.41) is 20.6. The van der Waals surface area contributed by atoms with E-state index in [1.165, 1.54) is 6.92 Å². The van der Waals surface area contributed by atoms with Gasteiger partial charge in [0.05, 0.1) is 6.04 Å². The molecule has 2 atom stereocenters. The first-order valence-corrected chi connectivity index (χ1v) is 5.21. The third-order valence-electron chi connectivity index (χ3n) is 2.01. The minimum absolute atomic E-state index is 0.170. The van der Waals surface area contributed by atoms with E-state index in [0.717, 1.165) is 0 Å². The second kappa shape index (κ2) is 7.44. The van der Waals surface area contributed by atoms with Gasteiger partial charge in [-0.1, -0.05) is 0 Å². The zero-order valence-electron chi connectivity index (χ0n) is 9.69. The van der Waals surface area contributed by atoms with Crippen molar-refractivity contribution < 1.29 is 14.7 Å². The first kappa shape index (κ1) is 15.2. The molecule has 8 heteroatoms. The summed E-state index contributed by atoms with van der Waals surface area (Å²) in [6, 6.07) is -1.71. The number of hydrogen-bond acceptors (Lipinski definition) is 4. The maximum absolute atomic E-state index is 11.2. The maximum Gasteiger partial charge on any atom is 0.326 e. The van der Waals surface area contributed by atoms with Crippen molar-refractivity contribution in [2.24, 2.45) is 11.5 Å². The van der Waals surface area contributed by atoms with E-state index >= 15 is 0 Å². The molecule has 98 valence electrons. The van der Waals surface area contributed by atoms with E-state index in [4.69, 9.17) is 22.0 Å². The highest BCUT2D eigenvalue weighted by Gasteiger charge is 2.20. The lowest BCUT2D eigenvalue weighted by molar-refractivity contribution is -0.142. The van der Waals surface area contributed by atoms with Gasteiger partial charge >= 0.3 is 5.97 Å². The van der Waals surface area contributed by atoms with Gasteiger partial charge in [-0.2, -0.15) is 0 Å². The van der Waals surface area contributed by atoms with Crippen LogP contribution in [0.3, 0.4) is 0 Å². The Morgan fingerprint density at radius 2 is 2.06 bits per heavy atom. The fourth-order valence-corrected chi connectivity index (χ4v) is 1.09. The molecule has 0 saturated heterocycles. The molecule has 0 aromatic rings. The van der Waals surface area contributed by atoms with Gasteiger partial charge in [-0.25, -0.2) is 4.79 Å². The van der Waals surface area contributed by atoms with Crippen molar-refractivity contribution in [1.29, 1.82) is 5.41 Å². The van der Waals surface area contributed by atoms with Crippen molar-refractivity contribution >= 4 is 17.8 Å². The van der Waals surface area contributed by atoms with Crippen LogP contribution >= 0.6 is 0 Å². The SMILES string of the molecule is C[C@@H](N)C(=O)N[C@H](CCCNC(=N)N)C(=O)O. The van der Waals surface area contributed by atoms with Gasteiger partial charge in [0.25, 0.3) is 0 Å². The normalized spacial score (nSPS) is 13.5. The lowest BCUT2D eigenvalue weighted by Gasteiger charge is -2.16. The summed E-state index contributed by atoms with van der Waals surface area (Å²) in [5.74, 6) is -1.78. The highest BCUT2D eigenvalue weighted by atomic mass is 16.4. The van der Waals surface area contributed by atoms with Crippen molar-refractivity contribution in [3.8, 4) is 0 Å². The van der Waals surface area contributed by atoms with Crippen LogP contribution in [0.5, 0.6) is 0 Å². The first-order chi connectivity index (χ1) is 7.84. The average Bonchev–Trinajstić information content (AvgIpc) is 2.21. The van der Waals surface area contributed by atoms with E-state index in [9.17, 15) is 9.59 Å². The zero-order valence-corrected chi connectivity index (χ0v) is 9.69. The van der Waals surface area contributed by atoms with Gasteiger partial charge in [-0.3, -0.25) is 10.2 Å². The third-order valence-corrected chi connectivity index (χ3v) is 2.01. The van der Waals surface area contributed by atoms with Crippen LogP contribution in [0.4, 0.5) is 0 Å².